The van der Waals surface area contributed by atoms with Gasteiger partial charge in [0.05, 0.1) is 12.5 Å². The van der Waals surface area contributed by atoms with Crippen LogP contribution in [0.25, 0.3) is 5.69 Å². The second-order valence-corrected chi connectivity index (χ2v) is 8.51. The van der Waals surface area contributed by atoms with Gasteiger partial charge in [0.25, 0.3) is 15.9 Å². The molecule has 28 heavy (non-hydrogen) atoms. The van der Waals surface area contributed by atoms with Crippen LogP contribution >= 0.6 is 0 Å². The highest BCUT2D eigenvalue weighted by Gasteiger charge is 2.29. The van der Waals surface area contributed by atoms with E-state index in [1.165, 1.54) is 16.8 Å². The van der Waals surface area contributed by atoms with Crippen molar-refractivity contribution in [2.45, 2.75) is 11.4 Å². The molecule has 146 valence electrons. The fourth-order valence-electron chi connectivity index (χ4n) is 3.33. The Morgan fingerprint density at radius 1 is 1.00 bits per heavy atom. The van der Waals surface area contributed by atoms with E-state index in [1.54, 1.807) is 4.90 Å². The van der Waals surface area contributed by atoms with Crippen molar-refractivity contribution in [2.24, 2.45) is 0 Å². The smallest absolute Gasteiger partial charge is 0.260 e. The topological polar surface area (TPSA) is 91.3 Å². The van der Waals surface area contributed by atoms with E-state index in [0.29, 0.717) is 31.6 Å². The number of amides is 1. The van der Waals surface area contributed by atoms with Crippen LogP contribution in [0.2, 0.25) is 0 Å². The summed E-state index contributed by atoms with van der Waals surface area (Å²) in [6.45, 7) is 1.50. The number of nitrogens with zero attached hydrogens (tertiary/aromatic N) is 4. The van der Waals surface area contributed by atoms with Crippen LogP contribution in [0, 0.1) is 0 Å². The highest BCUT2D eigenvalue weighted by Crippen LogP contribution is 2.17. The molecule has 3 heterocycles. The van der Waals surface area contributed by atoms with Gasteiger partial charge in [-0.3, -0.25) is 4.79 Å². The molecule has 1 N–H and O–H groups in total. The van der Waals surface area contributed by atoms with Crippen LogP contribution in [0.4, 0.5) is 0 Å². The zero-order chi connectivity index (χ0) is 19.6. The van der Waals surface area contributed by atoms with Crippen molar-refractivity contribution in [3.63, 3.8) is 0 Å². The number of benzene rings is 1. The van der Waals surface area contributed by atoms with Gasteiger partial charge in [-0.1, -0.05) is 0 Å². The summed E-state index contributed by atoms with van der Waals surface area (Å²) in [6, 6.07) is 11.3. The number of sulfonamides is 1. The Hall–Kier alpha value is -2.91. The quantitative estimate of drug-likeness (QED) is 0.723. The van der Waals surface area contributed by atoms with Crippen LogP contribution in [0.1, 0.15) is 16.8 Å². The minimum absolute atomic E-state index is 0.0767. The van der Waals surface area contributed by atoms with Crippen LogP contribution in [0.3, 0.4) is 0 Å². The standard InChI is InChI=1S/C19H21N5O3S/c25-19(16-4-6-17(7-5-16)22-8-1-2-9-22)23-10-3-11-24(13-12-23)28(26,27)18-14-20-15-21-18/h1-2,4-9,14-15H,3,10-13H2,(H,20,21). The van der Waals surface area contributed by atoms with Gasteiger partial charge in [0.2, 0.25) is 0 Å². The van der Waals surface area contributed by atoms with Gasteiger partial charge in [-0.2, -0.15) is 4.31 Å². The molecule has 0 bridgehead atoms. The third-order valence-corrected chi connectivity index (χ3v) is 6.67. The average molecular weight is 399 g/mol. The lowest BCUT2D eigenvalue weighted by Crippen LogP contribution is -2.37. The fraction of sp³-hybridized carbons (Fsp3) is 0.263. The zero-order valence-electron chi connectivity index (χ0n) is 15.2. The molecule has 1 saturated heterocycles. The van der Waals surface area contributed by atoms with Crippen molar-refractivity contribution in [3.05, 3.63) is 66.9 Å². The Kier molecular flexibility index (Phi) is 5.01. The maximum absolute atomic E-state index is 12.9. The molecule has 2 aromatic heterocycles. The first-order chi connectivity index (χ1) is 13.6. The number of carbonyl (C=O) groups excluding carboxylic acids is 1. The molecule has 0 radical (unpaired) electrons. The van der Waals surface area contributed by atoms with E-state index in [0.717, 1.165) is 5.69 Å². The molecule has 0 unspecified atom stereocenters. The lowest BCUT2D eigenvalue weighted by atomic mass is 10.1. The normalized spacial score (nSPS) is 16.1. The fourth-order valence-corrected chi connectivity index (χ4v) is 4.69. The van der Waals surface area contributed by atoms with E-state index in [9.17, 15) is 13.2 Å². The Morgan fingerprint density at radius 3 is 2.43 bits per heavy atom. The lowest BCUT2D eigenvalue weighted by molar-refractivity contribution is 0.0764. The summed E-state index contributed by atoms with van der Waals surface area (Å²) < 4.78 is 28.7. The molecule has 1 amide bonds. The molecule has 1 fully saturated rings. The van der Waals surface area contributed by atoms with Crippen LogP contribution < -0.4 is 0 Å². The van der Waals surface area contributed by atoms with E-state index in [2.05, 4.69) is 9.97 Å². The number of hydrogen-bond donors (Lipinski definition) is 1. The molecule has 1 aliphatic rings. The van der Waals surface area contributed by atoms with Crippen molar-refractivity contribution in [2.75, 3.05) is 26.2 Å². The summed E-state index contributed by atoms with van der Waals surface area (Å²) in [5.41, 5.74) is 1.58. The summed E-state index contributed by atoms with van der Waals surface area (Å²) in [5.74, 6) is -0.0835. The van der Waals surface area contributed by atoms with E-state index in [1.807, 2.05) is 53.4 Å². The second-order valence-electron chi connectivity index (χ2n) is 6.60. The van der Waals surface area contributed by atoms with Crippen LogP contribution in [-0.4, -0.2) is 64.2 Å². The van der Waals surface area contributed by atoms with E-state index < -0.39 is 10.0 Å². The SMILES string of the molecule is O=C(c1ccc(-n2cccc2)cc1)N1CCCN(S(=O)(=O)c2cnc[nH]2)CC1. The monoisotopic (exact) mass is 399 g/mol. The minimum atomic E-state index is -3.61. The first-order valence-electron chi connectivity index (χ1n) is 9.07. The second kappa shape index (κ2) is 7.61. The number of aromatic amines is 1. The van der Waals surface area contributed by atoms with Crippen molar-refractivity contribution in [1.29, 1.82) is 0 Å². The Labute approximate surface area is 163 Å². The average Bonchev–Trinajstić information content (AvgIpc) is 3.38. The van der Waals surface area contributed by atoms with Gasteiger partial charge in [-0.15, -0.1) is 0 Å². The summed E-state index contributed by atoms with van der Waals surface area (Å²) in [4.78, 5) is 21.0. The van der Waals surface area contributed by atoms with Crippen molar-refractivity contribution < 1.29 is 13.2 Å². The van der Waals surface area contributed by atoms with Gasteiger partial charge in [0.15, 0.2) is 5.03 Å². The predicted molar refractivity (Wildman–Crippen MR) is 104 cm³/mol. The molecule has 4 rings (SSSR count). The molecular formula is C19H21N5O3S. The Balaban J connectivity index is 1.45. The highest BCUT2D eigenvalue weighted by molar-refractivity contribution is 7.89. The van der Waals surface area contributed by atoms with Gasteiger partial charge in [-0.05, 0) is 42.8 Å². The zero-order valence-corrected chi connectivity index (χ0v) is 16.0. The number of carbonyl (C=O) groups is 1. The molecule has 0 spiro atoms. The van der Waals surface area contributed by atoms with Gasteiger partial charge < -0.3 is 14.5 Å². The van der Waals surface area contributed by atoms with Crippen LogP contribution in [0.5, 0.6) is 0 Å². The highest BCUT2D eigenvalue weighted by atomic mass is 32.2. The number of nitrogens with one attached hydrogen (secondary N) is 1. The van der Waals surface area contributed by atoms with Crippen LogP contribution in [-0.2, 0) is 10.0 Å². The minimum Gasteiger partial charge on any atom is -0.337 e. The van der Waals surface area contributed by atoms with E-state index in [4.69, 9.17) is 0 Å². The number of hydrogen-bond acceptors (Lipinski definition) is 4. The molecule has 0 atom stereocenters. The summed E-state index contributed by atoms with van der Waals surface area (Å²) in [5, 5.41) is 0.0767. The maximum Gasteiger partial charge on any atom is 0.260 e. The summed E-state index contributed by atoms with van der Waals surface area (Å²) in [6.07, 6.45) is 7.12. The van der Waals surface area contributed by atoms with Gasteiger partial charge in [0.1, 0.15) is 0 Å². The summed E-state index contributed by atoms with van der Waals surface area (Å²) in [7, 11) is -3.61. The third-order valence-electron chi connectivity index (χ3n) is 4.85. The number of H-pyrrole nitrogens is 1. The largest absolute Gasteiger partial charge is 0.337 e. The first kappa shape index (κ1) is 18.5. The molecule has 0 aliphatic carbocycles. The third kappa shape index (κ3) is 3.58. The van der Waals surface area contributed by atoms with Gasteiger partial charge in [-0.25, -0.2) is 13.4 Å². The van der Waals surface area contributed by atoms with Gasteiger partial charge >= 0.3 is 0 Å². The van der Waals surface area contributed by atoms with E-state index >= 15 is 0 Å². The number of aromatic nitrogens is 3. The molecule has 3 aromatic rings. The molecular weight excluding hydrogens is 378 g/mol. The Bertz CT molecular complexity index is 1030. The number of rotatable bonds is 4. The predicted octanol–water partition coefficient (Wildman–Crippen LogP) is 1.74. The van der Waals surface area contributed by atoms with Crippen molar-refractivity contribution >= 4 is 15.9 Å². The summed E-state index contributed by atoms with van der Waals surface area (Å²) >= 11 is 0. The van der Waals surface area contributed by atoms with E-state index in [-0.39, 0.29) is 17.5 Å². The molecule has 1 aliphatic heterocycles. The number of imidazole rings is 1. The van der Waals surface area contributed by atoms with Crippen LogP contribution in [0.15, 0.2) is 66.3 Å². The van der Waals surface area contributed by atoms with Crippen molar-refractivity contribution in [3.8, 4) is 5.69 Å². The molecule has 0 saturated carbocycles. The van der Waals surface area contributed by atoms with Crippen molar-refractivity contribution in [1.82, 2.24) is 23.7 Å². The Morgan fingerprint density at radius 2 is 1.75 bits per heavy atom. The molecule has 8 nitrogen and oxygen atoms in total. The lowest BCUT2D eigenvalue weighted by Gasteiger charge is -2.21. The first-order valence-corrected chi connectivity index (χ1v) is 10.5. The van der Waals surface area contributed by atoms with Gasteiger partial charge in [0, 0.05) is 49.8 Å². The molecule has 9 heteroatoms. The maximum atomic E-state index is 12.9. The molecule has 1 aromatic carbocycles.